The average molecular weight is 729 g/mol. The highest BCUT2D eigenvalue weighted by molar-refractivity contribution is 5.85. The Kier molecular flexibility index (Phi) is 8.53. The van der Waals surface area contributed by atoms with Gasteiger partial charge in [0.15, 0.2) is 5.82 Å². The lowest BCUT2D eigenvalue weighted by Crippen LogP contribution is -2.14. The average Bonchev–Trinajstić information content (AvgIpc) is 3.52. The highest BCUT2D eigenvalue weighted by Crippen LogP contribution is 2.49. The van der Waals surface area contributed by atoms with Crippen LogP contribution in [-0.2, 0) is 5.41 Å². The third-order valence-corrected chi connectivity index (χ3v) is 11.6. The van der Waals surface area contributed by atoms with Crippen molar-refractivity contribution in [2.24, 2.45) is 0 Å². The van der Waals surface area contributed by atoms with Crippen molar-refractivity contribution in [3.63, 3.8) is 0 Å². The van der Waals surface area contributed by atoms with E-state index in [0.29, 0.717) is 5.82 Å². The predicted octanol–water partition coefficient (Wildman–Crippen LogP) is 14.5. The molecule has 2 heteroatoms. The van der Waals surface area contributed by atoms with Crippen LogP contribution in [0.5, 0.6) is 0 Å². The van der Waals surface area contributed by atoms with Gasteiger partial charge in [0.05, 0.1) is 11.4 Å². The summed E-state index contributed by atoms with van der Waals surface area (Å²) in [5.74, 6) is 0.698. The molecule has 10 rings (SSSR count). The van der Waals surface area contributed by atoms with Crippen LogP contribution in [0.15, 0.2) is 206 Å². The van der Waals surface area contributed by atoms with Gasteiger partial charge < -0.3 is 0 Å². The molecule has 0 N–H and O–H groups in total. The van der Waals surface area contributed by atoms with Crippen molar-refractivity contribution in [2.75, 3.05) is 0 Å². The van der Waals surface area contributed by atoms with Crippen LogP contribution in [0.4, 0.5) is 0 Å². The van der Waals surface area contributed by atoms with E-state index in [1.165, 1.54) is 61.2 Å². The quantitative estimate of drug-likeness (QED) is 0.163. The summed E-state index contributed by atoms with van der Waals surface area (Å²) in [7, 11) is 0. The van der Waals surface area contributed by atoms with Crippen LogP contribution < -0.4 is 0 Å². The van der Waals surface area contributed by atoms with Crippen molar-refractivity contribution >= 4 is 0 Å². The largest absolute Gasteiger partial charge is 0.228 e. The van der Waals surface area contributed by atoms with Crippen molar-refractivity contribution in [1.29, 1.82) is 0 Å². The lowest BCUT2D eigenvalue weighted by molar-refractivity contribution is 0.660. The maximum absolute atomic E-state index is 5.17. The fourth-order valence-electron chi connectivity index (χ4n) is 8.39. The molecule has 1 aliphatic rings. The van der Waals surface area contributed by atoms with Gasteiger partial charge in [0.2, 0.25) is 0 Å². The van der Waals surface area contributed by atoms with Crippen molar-refractivity contribution in [3.8, 4) is 89.5 Å². The van der Waals surface area contributed by atoms with E-state index in [2.05, 4.69) is 208 Å². The third-order valence-electron chi connectivity index (χ3n) is 11.6. The zero-order valence-electron chi connectivity index (χ0n) is 32.0. The van der Waals surface area contributed by atoms with E-state index in [1.807, 2.05) is 12.1 Å². The lowest BCUT2D eigenvalue weighted by Gasteiger charge is -2.21. The fourth-order valence-corrected chi connectivity index (χ4v) is 8.39. The van der Waals surface area contributed by atoms with Gasteiger partial charge in [-0.2, -0.15) is 0 Å². The molecule has 0 radical (unpaired) electrons. The zero-order chi connectivity index (χ0) is 38.3. The molecule has 0 aliphatic heterocycles. The van der Waals surface area contributed by atoms with Gasteiger partial charge in [-0.1, -0.05) is 202 Å². The first-order valence-corrected chi connectivity index (χ1v) is 19.6. The van der Waals surface area contributed by atoms with E-state index >= 15 is 0 Å². The minimum Gasteiger partial charge on any atom is -0.228 e. The van der Waals surface area contributed by atoms with Gasteiger partial charge >= 0.3 is 0 Å². The van der Waals surface area contributed by atoms with Gasteiger partial charge in [-0.05, 0) is 85.0 Å². The first kappa shape index (κ1) is 34.3. The normalized spacial score (nSPS) is 12.5. The van der Waals surface area contributed by atoms with E-state index in [-0.39, 0.29) is 5.41 Å². The summed E-state index contributed by atoms with van der Waals surface area (Å²) in [5.41, 5.74) is 19.8. The number of aromatic nitrogens is 2. The minimum atomic E-state index is -0.00195. The first-order valence-electron chi connectivity index (χ1n) is 19.6. The molecule has 8 aromatic carbocycles. The van der Waals surface area contributed by atoms with E-state index in [9.17, 15) is 0 Å². The van der Waals surface area contributed by atoms with E-state index in [0.717, 1.165) is 33.6 Å². The summed E-state index contributed by atoms with van der Waals surface area (Å²) < 4.78 is 0. The zero-order valence-corrected chi connectivity index (χ0v) is 32.0. The minimum absolute atomic E-state index is 0.00195. The molecule has 0 saturated carbocycles. The maximum Gasteiger partial charge on any atom is 0.160 e. The van der Waals surface area contributed by atoms with Crippen molar-refractivity contribution in [2.45, 2.75) is 19.3 Å². The first-order chi connectivity index (χ1) is 28.0. The topological polar surface area (TPSA) is 25.8 Å². The summed E-state index contributed by atoms with van der Waals surface area (Å²) in [6.07, 6.45) is 0. The Morgan fingerprint density at radius 3 is 1.25 bits per heavy atom. The molecule has 0 bridgehead atoms. The molecule has 270 valence electrons. The molecule has 0 atom stereocenters. The summed E-state index contributed by atoms with van der Waals surface area (Å²) in [5, 5.41) is 0. The van der Waals surface area contributed by atoms with Gasteiger partial charge in [0.25, 0.3) is 0 Å². The molecular formula is C55H40N2. The van der Waals surface area contributed by atoms with Crippen LogP contribution in [0.2, 0.25) is 0 Å². The highest BCUT2D eigenvalue weighted by Gasteiger charge is 2.35. The molecular weight excluding hydrogens is 689 g/mol. The molecule has 0 fully saturated rings. The van der Waals surface area contributed by atoms with Gasteiger partial charge in [-0.15, -0.1) is 0 Å². The molecule has 9 aromatic rings. The van der Waals surface area contributed by atoms with Gasteiger partial charge in [-0.3, -0.25) is 0 Å². The second-order valence-electron chi connectivity index (χ2n) is 15.4. The van der Waals surface area contributed by atoms with Crippen LogP contribution in [0.1, 0.15) is 25.0 Å². The number of hydrogen-bond acceptors (Lipinski definition) is 2. The highest BCUT2D eigenvalue weighted by atomic mass is 14.9. The molecule has 57 heavy (non-hydrogen) atoms. The van der Waals surface area contributed by atoms with Crippen molar-refractivity contribution in [1.82, 2.24) is 9.97 Å². The summed E-state index contributed by atoms with van der Waals surface area (Å²) in [4.78, 5) is 10.3. The standard InChI is InChI=1S/C55H40N2/c1-55(2)50-19-10-9-18-48(50)49-35-47(32-33-51(49)55)46-17-11-16-45(34-46)41-24-30-44(31-25-41)54-56-52(42-26-20-39(21-27-42)37-12-5-3-6-13-37)36-53(57-54)43-28-22-40(23-29-43)38-14-7-4-8-15-38/h3-36H,1-2H3. The van der Waals surface area contributed by atoms with Gasteiger partial charge in [-0.25, -0.2) is 9.97 Å². The predicted molar refractivity (Wildman–Crippen MR) is 238 cm³/mol. The number of hydrogen-bond donors (Lipinski definition) is 0. The Balaban J connectivity index is 0.988. The van der Waals surface area contributed by atoms with E-state index in [4.69, 9.17) is 9.97 Å². The van der Waals surface area contributed by atoms with Crippen LogP contribution >= 0.6 is 0 Å². The number of fused-ring (bicyclic) bond motifs is 3. The molecule has 0 spiro atoms. The maximum atomic E-state index is 5.17. The van der Waals surface area contributed by atoms with Gasteiger partial charge in [0, 0.05) is 22.1 Å². The number of rotatable bonds is 7. The Morgan fingerprint density at radius 1 is 0.281 bits per heavy atom. The molecule has 1 heterocycles. The molecule has 1 aromatic heterocycles. The fraction of sp³-hybridized carbons (Fsp3) is 0.0545. The number of benzene rings is 8. The Labute approximate surface area is 334 Å². The molecule has 0 amide bonds. The van der Waals surface area contributed by atoms with E-state index in [1.54, 1.807) is 0 Å². The van der Waals surface area contributed by atoms with Crippen LogP contribution in [0.25, 0.3) is 89.5 Å². The monoisotopic (exact) mass is 728 g/mol. The smallest absolute Gasteiger partial charge is 0.160 e. The molecule has 0 saturated heterocycles. The molecule has 0 unspecified atom stereocenters. The van der Waals surface area contributed by atoms with Gasteiger partial charge in [0.1, 0.15) is 0 Å². The number of nitrogens with zero attached hydrogens (tertiary/aromatic N) is 2. The second-order valence-corrected chi connectivity index (χ2v) is 15.4. The second kappa shape index (κ2) is 14.2. The summed E-state index contributed by atoms with van der Waals surface area (Å²) in [6.45, 7) is 4.66. The molecule has 1 aliphatic carbocycles. The van der Waals surface area contributed by atoms with Crippen LogP contribution in [-0.4, -0.2) is 9.97 Å². The van der Waals surface area contributed by atoms with Crippen LogP contribution in [0.3, 0.4) is 0 Å². The Hall–Kier alpha value is -7.16. The lowest BCUT2D eigenvalue weighted by atomic mass is 9.82. The SMILES string of the molecule is CC1(C)c2ccccc2-c2cc(-c3cccc(-c4ccc(-c5nc(-c6ccc(-c7ccccc7)cc6)cc(-c6ccc(-c7ccccc7)cc6)n5)cc4)c3)ccc21. The van der Waals surface area contributed by atoms with Crippen LogP contribution in [0, 0.1) is 0 Å². The summed E-state index contributed by atoms with van der Waals surface area (Å²) >= 11 is 0. The summed E-state index contributed by atoms with van der Waals surface area (Å²) in [6, 6.07) is 73.7. The van der Waals surface area contributed by atoms with E-state index < -0.39 is 0 Å². The molecule has 2 nitrogen and oxygen atoms in total. The van der Waals surface area contributed by atoms with Crippen molar-refractivity contribution in [3.05, 3.63) is 217 Å². The Morgan fingerprint density at radius 2 is 0.667 bits per heavy atom. The van der Waals surface area contributed by atoms with Crippen molar-refractivity contribution < 1.29 is 0 Å². The Bertz CT molecular complexity index is 2770. The third kappa shape index (κ3) is 6.46.